The van der Waals surface area contributed by atoms with E-state index in [4.69, 9.17) is 0 Å². The summed E-state index contributed by atoms with van der Waals surface area (Å²) in [5.74, 6) is 0. The molecule has 1 rings (SSSR count). The van der Waals surface area contributed by atoms with Gasteiger partial charge in [0.25, 0.3) is 0 Å². The summed E-state index contributed by atoms with van der Waals surface area (Å²) in [6.07, 6.45) is 1.19. The predicted octanol–water partition coefficient (Wildman–Crippen LogP) is 0.951. The first-order valence-electron chi connectivity index (χ1n) is 5.40. The van der Waals surface area contributed by atoms with Gasteiger partial charge in [0.2, 0.25) is 0 Å². The van der Waals surface area contributed by atoms with Crippen molar-refractivity contribution in [3.05, 3.63) is 29.8 Å². The molecule has 0 aliphatic heterocycles. The molecule has 0 heterocycles. The maximum Gasteiger partial charge on any atom is 0.175 e. The van der Waals surface area contributed by atoms with Crippen molar-refractivity contribution in [1.82, 2.24) is 5.32 Å². The Kier molecular flexibility index (Phi) is 4.30. The molecule has 2 N–H and O–H groups in total. The van der Waals surface area contributed by atoms with Crippen LogP contribution in [0, 0.1) is 0 Å². The van der Waals surface area contributed by atoms with E-state index in [-0.39, 0.29) is 0 Å². The van der Waals surface area contributed by atoms with Crippen LogP contribution in [0.25, 0.3) is 0 Å². The molecule has 0 aliphatic carbocycles. The van der Waals surface area contributed by atoms with E-state index in [1.54, 1.807) is 38.1 Å². The van der Waals surface area contributed by atoms with Crippen molar-refractivity contribution in [2.75, 3.05) is 12.8 Å². The molecular weight excluding hydrogens is 238 g/mol. The van der Waals surface area contributed by atoms with Crippen molar-refractivity contribution in [2.24, 2.45) is 0 Å². The van der Waals surface area contributed by atoms with Crippen LogP contribution in [0.5, 0.6) is 0 Å². The number of nitrogens with one attached hydrogen (secondary N) is 1. The molecule has 96 valence electrons. The van der Waals surface area contributed by atoms with Gasteiger partial charge in [-0.1, -0.05) is 12.1 Å². The van der Waals surface area contributed by atoms with Crippen LogP contribution in [0.1, 0.15) is 19.4 Å². The van der Waals surface area contributed by atoms with Gasteiger partial charge in [-0.05, 0) is 31.5 Å². The van der Waals surface area contributed by atoms with Crippen LogP contribution in [0.3, 0.4) is 0 Å². The van der Waals surface area contributed by atoms with Crippen molar-refractivity contribution < 1.29 is 13.5 Å². The average molecular weight is 257 g/mol. The fourth-order valence-electron chi connectivity index (χ4n) is 1.37. The van der Waals surface area contributed by atoms with Crippen LogP contribution >= 0.6 is 0 Å². The fourth-order valence-corrected chi connectivity index (χ4v) is 2.00. The molecule has 0 radical (unpaired) electrons. The van der Waals surface area contributed by atoms with Gasteiger partial charge in [0.15, 0.2) is 9.84 Å². The van der Waals surface area contributed by atoms with Crippen molar-refractivity contribution in [3.63, 3.8) is 0 Å². The summed E-state index contributed by atoms with van der Waals surface area (Å²) in [5.41, 5.74) is 0.244. The van der Waals surface area contributed by atoms with Crippen molar-refractivity contribution in [1.29, 1.82) is 0 Å². The lowest BCUT2D eigenvalue weighted by Gasteiger charge is -2.17. The molecule has 17 heavy (non-hydrogen) atoms. The number of sulfone groups is 1. The molecule has 0 unspecified atom stereocenters. The minimum Gasteiger partial charge on any atom is -0.389 e. The van der Waals surface area contributed by atoms with Gasteiger partial charge in [0, 0.05) is 19.3 Å². The van der Waals surface area contributed by atoms with E-state index < -0.39 is 15.4 Å². The predicted molar refractivity (Wildman–Crippen MR) is 67.6 cm³/mol. The van der Waals surface area contributed by atoms with E-state index in [0.29, 0.717) is 18.0 Å². The average Bonchev–Trinajstić information content (AvgIpc) is 2.15. The molecule has 0 aliphatic rings. The van der Waals surface area contributed by atoms with E-state index in [0.717, 1.165) is 5.56 Å². The molecule has 5 heteroatoms. The number of hydrogen-bond donors (Lipinski definition) is 2. The lowest BCUT2D eigenvalue weighted by Crippen LogP contribution is -2.34. The van der Waals surface area contributed by atoms with Gasteiger partial charge in [-0.2, -0.15) is 0 Å². The summed E-state index contributed by atoms with van der Waals surface area (Å²) in [6.45, 7) is 4.55. The molecule has 1 aromatic rings. The number of rotatable bonds is 5. The van der Waals surface area contributed by atoms with Gasteiger partial charge in [-0.3, -0.25) is 0 Å². The molecule has 0 fully saturated rings. The van der Waals surface area contributed by atoms with Crippen LogP contribution < -0.4 is 5.32 Å². The van der Waals surface area contributed by atoms with Crippen LogP contribution in [0.2, 0.25) is 0 Å². The summed E-state index contributed by atoms with van der Waals surface area (Å²) >= 11 is 0. The van der Waals surface area contributed by atoms with Gasteiger partial charge in [-0.15, -0.1) is 0 Å². The zero-order valence-electron chi connectivity index (χ0n) is 10.4. The Balaban J connectivity index is 2.58. The zero-order chi connectivity index (χ0) is 13.1. The maximum absolute atomic E-state index is 11.2. The molecule has 0 amide bonds. The SMILES string of the molecule is CC(C)(O)CNCc1ccc(S(C)(=O)=O)cc1. The molecule has 1 aromatic carbocycles. The molecule has 0 bridgehead atoms. The van der Waals surface area contributed by atoms with Crippen LogP contribution in [0.4, 0.5) is 0 Å². The lowest BCUT2D eigenvalue weighted by molar-refractivity contribution is 0.0795. The highest BCUT2D eigenvalue weighted by Crippen LogP contribution is 2.10. The second-order valence-corrected chi connectivity index (χ2v) is 6.85. The first-order chi connectivity index (χ1) is 7.68. The summed E-state index contributed by atoms with van der Waals surface area (Å²) in [5, 5.41) is 12.6. The van der Waals surface area contributed by atoms with Crippen LogP contribution in [-0.2, 0) is 16.4 Å². The fraction of sp³-hybridized carbons (Fsp3) is 0.500. The summed E-state index contributed by atoms with van der Waals surface area (Å²) in [7, 11) is -3.12. The number of aliphatic hydroxyl groups is 1. The van der Waals surface area contributed by atoms with E-state index in [1.807, 2.05) is 0 Å². The van der Waals surface area contributed by atoms with Crippen LogP contribution in [0.15, 0.2) is 29.2 Å². The molecule has 4 nitrogen and oxygen atoms in total. The third-order valence-corrected chi connectivity index (χ3v) is 3.37. The largest absolute Gasteiger partial charge is 0.389 e. The van der Waals surface area contributed by atoms with Gasteiger partial charge in [0.05, 0.1) is 10.5 Å². The third kappa shape index (κ3) is 5.30. The van der Waals surface area contributed by atoms with Crippen molar-refractivity contribution in [3.8, 4) is 0 Å². The molecule has 0 saturated carbocycles. The Labute approximate surface area is 103 Å². The molecule has 0 aromatic heterocycles. The maximum atomic E-state index is 11.2. The van der Waals surface area contributed by atoms with E-state index in [1.165, 1.54) is 6.26 Å². The Hall–Kier alpha value is -0.910. The Bertz CT molecular complexity index is 458. The minimum absolute atomic E-state index is 0.323. The van der Waals surface area contributed by atoms with E-state index >= 15 is 0 Å². The van der Waals surface area contributed by atoms with Crippen molar-refractivity contribution >= 4 is 9.84 Å². The summed E-state index contributed by atoms with van der Waals surface area (Å²) < 4.78 is 22.5. The molecule has 0 atom stereocenters. The highest BCUT2D eigenvalue weighted by atomic mass is 32.2. The standard InChI is InChI=1S/C12H19NO3S/c1-12(2,14)9-13-8-10-4-6-11(7-5-10)17(3,15)16/h4-7,13-14H,8-9H2,1-3H3. The van der Waals surface area contributed by atoms with Gasteiger partial charge >= 0.3 is 0 Å². The van der Waals surface area contributed by atoms with Gasteiger partial charge in [0.1, 0.15) is 0 Å². The second kappa shape index (κ2) is 5.16. The summed E-state index contributed by atoms with van der Waals surface area (Å²) in [4.78, 5) is 0.323. The van der Waals surface area contributed by atoms with Gasteiger partial charge < -0.3 is 10.4 Å². The van der Waals surface area contributed by atoms with E-state index in [2.05, 4.69) is 5.32 Å². The topological polar surface area (TPSA) is 66.4 Å². The molecule has 0 saturated heterocycles. The smallest absolute Gasteiger partial charge is 0.175 e. The molecule has 0 spiro atoms. The lowest BCUT2D eigenvalue weighted by atomic mass is 10.1. The first kappa shape index (κ1) is 14.2. The third-order valence-electron chi connectivity index (χ3n) is 2.24. The second-order valence-electron chi connectivity index (χ2n) is 4.83. The quantitative estimate of drug-likeness (QED) is 0.824. The van der Waals surface area contributed by atoms with Crippen LogP contribution in [-0.4, -0.2) is 31.9 Å². The Morgan fingerprint density at radius 3 is 2.18 bits per heavy atom. The van der Waals surface area contributed by atoms with E-state index in [9.17, 15) is 13.5 Å². The molecular formula is C12H19NO3S. The number of benzene rings is 1. The minimum atomic E-state index is -3.12. The van der Waals surface area contributed by atoms with Gasteiger partial charge in [-0.25, -0.2) is 8.42 Å². The summed E-state index contributed by atoms with van der Waals surface area (Å²) in [6, 6.07) is 6.73. The highest BCUT2D eigenvalue weighted by molar-refractivity contribution is 7.90. The first-order valence-corrected chi connectivity index (χ1v) is 7.30. The monoisotopic (exact) mass is 257 g/mol. The Morgan fingerprint density at radius 1 is 1.24 bits per heavy atom. The Morgan fingerprint density at radius 2 is 1.76 bits per heavy atom. The number of hydrogen-bond acceptors (Lipinski definition) is 4. The highest BCUT2D eigenvalue weighted by Gasteiger charge is 2.11. The van der Waals surface area contributed by atoms with Crippen molar-refractivity contribution in [2.45, 2.75) is 30.9 Å². The zero-order valence-corrected chi connectivity index (χ0v) is 11.2. The normalized spacial score (nSPS) is 12.7.